The maximum Gasteiger partial charge on any atom is 0.292 e. The number of benzene rings is 1. The first-order valence-electron chi connectivity index (χ1n) is 8.41. The number of nitrogens with zero attached hydrogens (tertiary/aromatic N) is 4. The van der Waals surface area contributed by atoms with Gasteiger partial charge >= 0.3 is 0 Å². The molecule has 0 aliphatic carbocycles. The van der Waals surface area contributed by atoms with E-state index in [1.807, 2.05) is 24.4 Å². The lowest BCUT2D eigenvalue weighted by Gasteiger charge is -2.10. The predicted octanol–water partition coefficient (Wildman–Crippen LogP) is 3.61. The molecule has 0 spiro atoms. The number of hydrogen-bond donors (Lipinski definition) is 2. The predicted molar refractivity (Wildman–Crippen MR) is 98.1 cm³/mol. The van der Waals surface area contributed by atoms with E-state index in [2.05, 4.69) is 28.2 Å². The molecular weight excluding hydrogens is 316 g/mol. The van der Waals surface area contributed by atoms with Crippen molar-refractivity contribution in [3.63, 3.8) is 0 Å². The van der Waals surface area contributed by atoms with Crippen LogP contribution in [0.25, 0.3) is 27.9 Å². The SMILES string of the molecule is CCC(CC)c1nc(-c2ccc3oc(N)nc3c2)c2c(N)nccn12. The highest BCUT2D eigenvalue weighted by Gasteiger charge is 2.21. The largest absolute Gasteiger partial charge is 0.424 e. The Hall–Kier alpha value is -3.09. The molecule has 7 heteroatoms. The summed E-state index contributed by atoms with van der Waals surface area (Å²) in [6.45, 7) is 4.34. The van der Waals surface area contributed by atoms with Gasteiger partial charge in [0, 0.05) is 23.9 Å². The zero-order valence-corrected chi connectivity index (χ0v) is 14.2. The fraction of sp³-hybridized carbons (Fsp3) is 0.278. The molecule has 0 atom stereocenters. The number of nitrogen functional groups attached to an aromatic ring is 2. The molecule has 0 aliphatic rings. The second kappa shape index (κ2) is 5.77. The van der Waals surface area contributed by atoms with Crippen LogP contribution >= 0.6 is 0 Å². The van der Waals surface area contributed by atoms with Crippen molar-refractivity contribution in [1.29, 1.82) is 0 Å². The van der Waals surface area contributed by atoms with Crippen molar-refractivity contribution in [3.8, 4) is 11.3 Å². The Morgan fingerprint density at radius 3 is 2.72 bits per heavy atom. The van der Waals surface area contributed by atoms with Gasteiger partial charge in [-0.3, -0.25) is 4.40 Å². The molecule has 4 N–H and O–H groups in total. The van der Waals surface area contributed by atoms with Crippen LogP contribution in [0.1, 0.15) is 38.4 Å². The minimum Gasteiger partial charge on any atom is -0.424 e. The summed E-state index contributed by atoms with van der Waals surface area (Å²) >= 11 is 0. The van der Waals surface area contributed by atoms with Gasteiger partial charge in [-0.15, -0.1) is 0 Å². The Bertz CT molecular complexity index is 1060. The van der Waals surface area contributed by atoms with E-state index in [1.54, 1.807) is 6.20 Å². The van der Waals surface area contributed by atoms with Gasteiger partial charge in [-0.25, -0.2) is 9.97 Å². The van der Waals surface area contributed by atoms with Gasteiger partial charge in [0.25, 0.3) is 6.01 Å². The Balaban J connectivity index is 1.99. The quantitative estimate of drug-likeness (QED) is 0.589. The summed E-state index contributed by atoms with van der Waals surface area (Å²) in [5.41, 5.74) is 15.7. The summed E-state index contributed by atoms with van der Waals surface area (Å²) in [5, 5.41) is 0. The number of anilines is 2. The van der Waals surface area contributed by atoms with Gasteiger partial charge in [-0.2, -0.15) is 4.98 Å². The third kappa shape index (κ3) is 2.39. The summed E-state index contributed by atoms with van der Waals surface area (Å²) < 4.78 is 7.40. The summed E-state index contributed by atoms with van der Waals surface area (Å²) in [4.78, 5) is 13.4. The fourth-order valence-corrected chi connectivity index (χ4v) is 3.32. The lowest BCUT2D eigenvalue weighted by molar-refractivity contribution is 0.600. The minimum atomic E-state index is 0.153. The molecular formula is C18H20N6O. The van der Waals surface area contributed by atoms with E-state index >= 15 is 0 Å². The topological polar surface area (TPSA) is 108 Å². The summed E-state index contributed by atoms with van der Waals surface area (Å²) in [6, 6.07) is 5.86. The first-order valence-corrected chi connectivity index (χ1v) is 8.41. The van der Waals surface area contributed by atoms with Crippen molar-refractivity contribution in [2.45, 2.75) is 32.6 Å². The Morgan fingerprint density at radius 1 is 1.16 bits per heavy atom. The first kappa shape index (κ1) is 15.4. The lowest BCUT2D eigenvalue weighted by atomic mass is 10.0. The van der Waals surface area contributed by atoms with Gasteiger partial charge in [-0.1, -0.05) is 13.8 Å². The summed E-state index contributed by atoms with van der Waals surface area (Å²) in [5.74, 6) is 1.82. The van der Waals surface area contributed by atoms with Crippen molar-refractivity contribution >= 4 is 28.4 Å². The molecule has 4 aromatic rings. The van der Waals surface area contributed by atoms with E-state index in [0.717, 1.165) is 35.4 Å². The molecule has 0 radical (unpaired) electrons. The summed E-state index contributed by atoms with van der Waals surface area (Å²) in [7, 11) is 0. The molecule has 0 fully saturated rings. The monoisotopic (exact) mass is 336 g/mol. The second-order valence-electron chi connectivity index (χ2n) is 6.10. The van der Waals surface area contributed by atoms with E-state index < -0.39 is 0 Å². The van der Waals surface area contributed by atoms with Crippen molar-refractivity contribution in [2.24, 2.45) is 0 Å². The zero-order chi connectivity index (χ0) is 17.6. The molecule has 4 rings (SSSR count). The van der Waals surface area contributed by atoms with E-state index in [-0.39, 0.29) is 6.01 Å². The number of fused-ring (bicyclic) bond motifs is 2. The molecule has 0 saturated heterocycles. The number of oxazole rings is 1. The van der Waals surface area contributed by atoms with Crippen LogP contribution in [-0.4, -0.2) is 19.4 Å². The molecule has 3 heterocycles. The van der Waals surface area contributed by atoms with Crippen molar-refractivity contribution in [2.75, 3.05) is 11.5 Å². The first-order chi connectivity index (χ1) is 12.1. The van der Waals surface area contributed by atoms with Gasteiger partial charge in [0.1, 0.15) is 28.4 Å². The van der Waals surface area contributed by atoms with Crippen LogP contribution in [0, 0.1) is 0 Å². The Morgan fingerprint density at radius 2 is 1.96 bits per heavy atom. The molecule has 7 nitrogen and oxygen atoms in total. The number of hydrogen-bond acceptors (Lipinski definition) is 6. The van der Waals surface area contributed by atoms with Crippen LogP contribution in [-0.2, 0) is 0 Å². The molecule has 0 saturated carbocycles. The van der Waals surface area contributed by atoms with Gasteiger partial charge in [0.2, 0.25) is 0 Å². The highest BCUT2D eigenvalue weighted by atomic mass is 16.4. The molecule has 3 aromatic heterocycles. The van der Waals surface area contributed by atoms with Crippen LogP contribution in [0.4, 0.5) is 11.8 Å². The Kier molecular flexibility index (Phi) is 3.56. The summed E-state index contributed by atoms with van der Waals surface area (Å²) in [6.07, 6.45) is 5.65. The third-order valence-corrected chi connectivity index (χ3v) is 4.64. The molecule has 0 unspecified atom stereocenters. The highest BCUT2D eigenvalue weighted by Crippen LogP contribution is 2.34. The van der Waals surface area contributed by atoms with Crippen molar-refractivity contribution < 1.29 is 4.42 Å². The molecule has 128 valence electrons. The highest BCUT2D eigenvalue weighted by molar-refractivity contribution is 5.89. The Labute approximate surface area is 144 Å². The fourth-order valence-electron chi connectivity index (χ4n) is 3.32. The van der Waals surface area contributed by atoms with Crippen molar-refractivity contribution in [1.82, 2.24) is 19.4 Å². The van der Waals surface area contributed by atoms with Crippen molar-refractivity contribution in [3.05, 3.63) is 36.4 Å². The van der Waals surface area contributed by atoms with Gasteiger partial charge in [0.15, 0.2) is 5.58 Å². The average molecular weight is 336 g/mol. The second-order valence-corrected chi connectivity index (χ2v) is 6.10. The average Bonchev–Trinajstić information content (AvgIpc) is 3.16. The van der Waals surface area contributed by atoms with E-state index in [9.17, 15) is 0 Å². The van der Waals surface area contributed by atoms with Crippen LogP contribution in [0.3, 0.4) is 0 Å². The standard InChI is InChI=1S/C18H20N6O/c1-3-10(4-2)17-23-14(15-16(19)21-7-8-24(15)17)11-5-6-13-12(9-11)22-18(20)25-13/h5-10H,3-4H2,1-2H3,(H2,19,21)(H2,20,22). The molecule has 0 amide bonds. The van der Waals surface area contributed by atoms with Gasteiger partial charge < -0.3 is 15.9 Å². The third-order valence-electron chi connectivity index (χ3n) is 4.64. The number of nitrogens with two attached hydrogens (primary N) is 2. The van der Waals surface area contributed by atoms with Crippen LogP contribution < -0.4 is 11.5 Å². The van der Waals surface area contributed by atoms with Gasteiger partial charge in [-0.05, 0) is 31.0 Å². The number of rotatable bonds is 4. The zero-order valence-electron chi connectivity index (χ0n) is 14.2. The maximum absolute atomic E-state index is 6.18. The molecule has 25 heavy (non-hydrogen) atoms. The molecule has 1 aromatic carbocycles. The van der Waals surface area contributed by atoms with E-state index in [4.69, 9.17) is 20.9 Å². The van der Waals surface area contributed by atoms with E-state index in [1.165, 1.54) is 0 Å². The minimum absolute atomic E-state index is 0.153. The molecule has 0 bridgehead atoms. The van der Waals surface area contributed by atoms with E-state index in [0.29, 0.717) is 22.8 Å². The van der Waals surface area contributed by atoms with Gasteiger partial charge in [0.05, 0.1) is 0 Å². The number of aromatic nitrogens is 4. The van der Waals surface area contributed by atoms with Crippen LogP contribution in [0.15, 0.2) is 35.0 Å². The normalized spacial score (nSPS) is 11.8. The van der Waals surface area contributed by atoms with Crippen LogP contribution in [0.2, 0.25) is 0 Å². The van der Waals surface area contributed by atoms with Crippen LogP contribution in [0.5, 0.6) is 0 Å². The lowest BCUT2D eigenvalue weighted by Crippen LogP contribution is -2.03. The number of imidazole rings is 1. The maximum atomic E-state index is 6.18. The molecule has 0 aliphatic heterocycles. The smallest absolute Gasteiger partial charge is 0.292 e.